The van der Waals surface area contributed by atoms with E-state index in [4.69, 9.17) is 0 Å². The molecule has 0 amide bonds. The van der Waals surface area contributed by atoms with Gasteiger partial charge in [0.1, 0.15) is 0 Å². The molecule has 0 fully saturated rings. The van der Waals surface area contributed by atoms with Crippen molar-refractivity contribution in [3.05, 3.63) is 59.2 Å². The lowest BCUT2D eigenvalue weighted by Crippen LogP contribution is -2.06. The highest BCUT2D eigenvalue weighted by atomic mass is 16.5. The lowest BCUT2D eigenvalue weighted by molar-refractivity contribution is -0.139. The Morgan fingerprint density at radius 3 is 2.36 bits per heavy atom. The zero-order valence-corrected chi connectivity index (χ0v) is 14.1. The maximum Gasteiger partial charge on any atom is 0.309 e. The molecule has 2 nitrogen and oxygen atoms in total. The molecule has 116 valence electrons. The Balaban J connectivity index is 2.78. The largest absolute Gasteiger partial charge is 0.469 e. The van der Waals surface area contributed by atoms with Crippen molar-refractivity contribution >= 4 is 5.97 Å². The number of benzene rings is 1. The molecule has 22 heavy (non-hydrogen) atoms. The van der Waals surface area contributed by atoms with Crippen LogP contribution in [0.3, 0.4) is 0 Å². The first-order valence-electron chi connectivity index (χ1n) is 7.28. The van der Waals surface area contributed by atoms with Gasteiger partial charge < -0.3 is 4.74 Å². The number of carbonyl (C=O) groups is 1. The summed E-state index contributed by atoms with van der Waals surface area (Å²) in [4.78, 5) is 11.2. The first-order chi connectivity index (χ1) is 10.2. The fourth-order valence-electron chi connectivity index (χ4n) is 1.63. The predicted molar refractivity (Wildman–Crippen MR) is 91.4 cm³/mol. The summed E-state index contributed by atoms with van der Waals surface area (Å²) in [6, 6.07) is 7.62. The maximum atomic E-state index is 11.2. The molecule has 0 radical (unpaired) electrons. The van der Waals surface area contributed by atoms with Crippen LogP contribution in [0.25, 0.3) is 0 Å². The molecule has 0 spiro atoms. The lowest BCUT2D eigenvalue weighted by atomic mass is 9.86. The molecule has 0 saturated carbocycles. The number of carbonyl (C=O) groups excluding carboxylic acids is 1. The van der Waals surface area contributed by atoms with Gasteiger partial charge in [-0.15, -0.1) is 0 Å². The zero-order chi connectivity index (χ0) is 16.8. The van der Waals surface area contributed by atoms with E-state index < -0.39 is 0 Å². The van der Waals surface area contributed by atoms with Crippen molar-refractivity contribution in [1.82, 2.24) is 0 Å². The quantitative estimate of drug-likeness (QED) is 0.472. The van der Waals surface area contributed by atoms with E-state index in [9.17, 15) is 4.79 Å². The average molecular weight is 296 g/mol. The van der Waals surface area contributed by atoms with E-state index in [0.717, 1.165) is 22.3 Å². The molecular weight excluding hydrogens is 272 g/mol. The van der Waals surface area contributed by atoms with Crippen molar-refractivity contribution in [2.75, 3.05) is 7.11 Å². The van der Waals surface area contributed by atoms with Crippen LogP contribution in [-0.4, -0.2) is 13.1 Å². The monoisotopic (exact) mass is 296 g/mol. The van der Waals surface area contributed by atoms with Crippen LogP contribution in [0, 0.1) is 17.3 Å². The Morgan fingerprint density at radius 1 is 1.27 bits per heavy atom. The molecule has 0 aliphatic rings. The fourth-order valence-corrected chi connectivity index (χ4v) is 1.63. The number of hydrogen-bond acceptors (Lipinski definition) is 2. The first kappa shape index (κ1) is 17.8. The van der Waals surface area contributed by atoms with E-state index in [1.807, 2.05) is 37.3 Å². The molecule has 0 bridgehead atoms. The van der Waals surface area contributed by atoms with Gasteiger partial charge in [0.15, 0.2) is 0 Å². The van der Waals surface area contributed by atoms with E-state index in [-0.39, 0.29) is 17.8 Å². The molecule has 1 aromatic carbocycles. The molecule has 0 atom stereocenters. The van der Waals surface area contributed by atoms with E-state index in [1.54, 1.807) is 0 Å². The van der Waals surface area contributed by atoms with Gasteiger partial charge in [0.05, 0.1) is 13.5 Å². The van der Waals surface area contributed by atoms with Crippen LogP contribution in [0.15, 0.2) is 48.1 Å². The zero-order valence-electron chi connectivity index (χ0n) is 14.1. The summed E-state index contributed by atoms with van der Waals surface area (Å²) in [5.74, 6) is 6.01. The maximum absolute atomic E-state index is 11.2. The molecule has 0 aliphatic carbocycles. The van der Waals surface area contributed by atoms with Gasteiger partial charge in [0, 0.05) is 5.56 Å². The predicted octanol–water partition coefficient (Wildman–Crippen LogP) is 4.30. The topological polar surface area (TPSA) is 26.3 Å². The van der Waals surface area contributed by atoms with Crippen molar-refractivity contribution in [3.63, 3.8) is 0 Å². The number of allylic oxidation sites excluding steroid dienone is 3. The van der Waals surface area contributed by atoms with Gasteiger partial charge in [-0.3, -0.25) is 4.79 Å². The SMILES string of the molecule is C=C(/C=C(\C)C#Cc1ccc(CC(=O)OC)cc1)C(C)(C)C. The van der Waals surface area contributed by atoms with E-state index in [1.165, 1.54) is 7.11 Å². The van der Waals surface area contributed by atoms with Crippen LogP contribution in [0.4, 0.5) is 0 Å². The number of ether oxygens (including phenoxy) is 1. The summed E-state index contributed by atoms with van der Waals surface area (Å²) in [7, 11) is 1.39. The van der Waals surface area contributed by atoms with Crippen molar-refractivity contribution in [3.8, 4) is 11.8 Å². The van der Waals surface area contributed by atoms with E-state index in [0.29, 0.717) is 0 Å². The van der Waals surface area contributed by atoms with Crippen LogP contribution in [0.2, 0.25) is 0 Å². The summed E-state index contributed by atoms with van der Waals surface area (Å²) in [5.41, 5.74) is 3.94. The highest BCUT2D eigenvalue weighted by molar-refractivity contribution is 5.72. The lowest BCUT2D eigenvalue weighted by Gasteiger charge is -2.18. The number of rotatable bonds is 3. The average Bonchev–Trinajstić information content (AvgIpc) is 2.45. The van der Waals surface area contributed by atoms with Crippen LogP contribution < -0.4 is 0 Å². The Morgan fingerprint density at radius 2 is 1.86 bits per heavy atom. The van der Waals surface area contributed by atoms with Crippen LogP contribution in [0.5, 0.6) is 0 Å². The molecule has 0 aliphatic heterocycles. The minimum atomic E-state index is -0.238. The first-order valence-corrected chi connectivity index (χ1v) is 7.28. The van der Waals surface area contributed by atoms with E-state index in [2.05, 4.69) is 43.9 Å². The molecule has 0 saturated heterocycles. The molecule has 0 aromatic heterocycles. The molecule has 1 rings (SSSR count). The summed E-state index contributed by atoms with van der Waals surface area (Å²) in [6.45, 7) is 12.5. The molecule has 0 unspecified atom stereocenters. The van der Waals surface area contributed by atoms with Crippen molar-refractivity contribution in [2.24, 2.45) is 5.41 Å². The normalized spacial score (nSPS) is 11.4. The second-order valence-corrected chi connectivity index (χ2v) is 6.30. The third-order valence-corrected chi connectivity index (χ3v) is 3.29. The highest BCUT2D eigenvalue weighted by Gasteiger charge is 2.12. The number of hydrogen-bond donors (Lipinski definition) is 0. The third kappa shape index (κ3) is 6.01. The van der Waals surface area contributed by atoms with Gasteiger partial charge in [-0.1, -0.05) is 51.3 Å². The Hall–Kier alpha value is -2.27. The van der Waals surface area contributed by atoms with Crippen molar-refractivity contribution in [2.45, 2.75) is 34.1 Å². The minimum Gasteiger partial charge on any atom is -0.469 e. The summed E-state index contributed by atoms with van der Waals surface area (Å²) < 4.78 is 4.65. The minimum absolute atomic E-state index is 0.0540. The van der Waals surface area contributed by atoms with E-state index >= 15 is 0 Å². The van der Waals surface area contributed by atoms with Crippen LogP contribution in [-0.2, 0) is 16.0 Å². The Kier molecular flexibility index (Phi) is 6.19. The second kappa shape index (κ2) is 7.66. The van der Waals surface area contributed by atoms with Gasteiger partial charge in [-0.25, -0.2) is 0 Å². The summed E-state index contributed by atoms with van der Waals surface area (Å²) in [6.07, 6.45) is 2.31. The smallest absolute Gasteiger partial charge is 0.309 e. The fraction of sp³-hybridized carbons (Fsp3) is 0.350. The molecular formula is C20H24O2. The van der Waals surface area contributed by atoms with Gasteiger partial charge in [0.25, 0.3) is 0 Å². The molecule has 2 heteroatoms. The van der Waals surface area contributed by atoms with Crippen molar-refractivity contribution < 1.29 is 9.53 Å². The Bertz CT molecular complexity index is 629. The number of esters is 1. The standard InChI is InChI=1S/C20H24O2/c1-15(13-16(2)20(3,4)5)7-8-17-9-11-18(12-10-17)14-19(21)22-6/h9-13H,2,14H2,1,3-6H3/b15-13+. The van der Waals surface area contributed by atoms with Gasteiger partial charge >= 0.3 is 5.97 Å². The second-order valence-electron chi connectivity index (χ2n) is 6.30. The van der Waals surface area contributed by atoms with Gasteiger partial charge in [-0.05, 0) is 47.3 Å². The third-order valence-electron chi connectivity index (χ3n) is 3.29. The van der Waals surface area contributed by atoms with Crippen LogP contribution in [0.1, 0.15) is 38.8 Å². The van der Waals surface area contributed by atoms with Gasteiger partial charge in [-0.2, -0.15) is 0 Å². The molecule has 0 N–H and O–H groups in total. The van der Waals surface area contributed by atoms with Gasteiger partial charge in [0.2, 0.25) is 0 Å². The highest BCUT2D eigenvalue weighted by Crippen LogP contribution is 2.25. The van der Waals surface area contributed by atoms with Crippen LogP contribution >= 0.6 is 0 Å². The number of methoxy groups -OCH3 is 1. The molecule has 1 aromatic rings. The van der Waals surface area contributed by atoms with Crippen molar-refractivity contribution in [1.29, 1.82) is 0 Å². The Labute approximate surface area is 133 Å². The summed E-state index contributed by atoms with van der Waals surface area (Å²) in [5, 5.41) is 0. The summed E-state index contributed by atoms with van der Waals surface area (Å²) >= 11 is 0. The molecule has 0 heterocycles.